The van der Waals surface area contributed by atoms with Crippen LogP contribution in [0, 0.1) is 5.92 Å². The summed E-state index contributed by atoms with van der Waals surface area (Å²) < 4.78 is 0. The first-order valence-corrected chi connectivity index (χ1v) is 9.96. The molecule has 0 aromatic heterocycles. The number of hydrogen-bond acceptors (Lipinski definition) is 4. The Morgan fingerprint density at radius 3 is 2.67 bits per heavy atom. The Balaban J connectivity index is 1.50. The van der Waals surface area contributed by atoms with E-state index in [2.05, 4.69) is 58.9 Å². The van der Waals surface area contributed by atoms with Gasteiger partial charge in [0.2, 0.25) is 5.91 Å². The van der Waals surface area contributed by atoms with E-state index in [1.165, 1.54) is 11.1 Å². The number of carbonyl (C=O) groups excluding carboxylic acids is 2. The second kappa shape index (κ2) is 9.13. The highest BCUT2D eigenvalue weighted by Crippen LogP contribution is 2.16. The third-order valence-corrected chi connectivity index (χ3v) is 5.08. The van der Waals surface area contributed by atoms with Gasteiger partial charge >= 0.3 is 0 Å². The quantitative estimate of drug-likeness (QED) is 0.806. The fourth-order valence-corrected chi connectivity index (χ4v) is 3.73. The Morgan fingerprint density at radius 1 is 1.26 bits per heavy atom. The van der Waals surface area contributed by atoms with E-state index in [-0.39, 0.29) is 17.9 Å². The summed E-state index contributed by atoms with van der Waals surface area (Å²) in [6.45, 7) is 7.29. The maximum Gasteiger partial charge on any atom is 0.267 e. The van der Waals surface area contributed by atoms with Crippen LogP contribution >= 0.6 is 0 Å². The number of benzene rings is 1. The molecule has 2 aliphatic heterocycles. The summed E-state index contributed by atoms with van der Waals surface area (Å²) in [6, 6.07) is 9.03. The third-order valence-electron chi connectivity index (χ3n) is 5.08. The molecule has 1 saturated heterocycles. The number of carbonyl (C=O) groups is 2. The normalized spacial score (nSPS) is 20.9. The van der Waals surface area contributed by atoms with Gasteiger partial charge in [-0.3, -0.25) is 14.5 Å². The molecule has 0 unspecified atom stereocenters. The second-order valence-corrected chi connectivity index (χ2v) is 8.06. The van der Waals surface area contributed by atoms with Crippen LogP contribution < -0.4 is 10.7 Å². The van der Waals surface area contributed by atoms with Gasteiger partial charge in [0.25, 0.3) is 5.91 Å². The molecule has 27 heavy (non-hydrogen) atoms. The molecular formula is C21H30N4O2. The van der Waals surface area contributed by atoms with Crippen LogP contribution in [0.3, 0.4) is 0 Å². The summed E-state index contributed by atoms with van der Waals surface area (Å²) in [4.78, 5) is 25.9. The topological polar surface area (TPSA) is 73.8 Å². The molecule has 1 aromatic rings. The van der Waals surface area contributed by atoms with Crippen molar-refractivity contribution >= 4 is 17.5 Å². The van der Waals surface area contributed by atoms with Gasteiger partial charge in [-0.05, 0) is 42.9 Å². The van der Waals surface area contributed by atoms with Crippen LogP contribution in [0.25, 0.3) is 0 Å². The van der Waals surface area contributed by atoms with Gasteiger partial charge in [-0.2, -0.15) is 5.10 Å². The number of nitrogens with one attached hydrogen (secondary N) is 2. The van der Waals surface area contributed by atoms with Gasteiger partial charge < -0.3 is 5.32 Å². The van der Waals surface area contributed by atoms with Crippen LogP contribution in [-0.2, 0) is 22.6 Å². The molecule has 1 fully saturated rings. The van der Waals surface area contributed by atoms with Crippen LogP contribution in [0.15, 0.2) is 29.4 Å². The number of piperidine rings is 1. The molecule has 0 bridgehead atoms. The van der Waals surface area contributed by atoms with Crippen molar-refractivity contribution in [1.82, 2.24) is 15.6 Å². The maximum absolute atomic E-state index is 12.4. The van der Waals surface area contributed by atoms with Gasteiger partial charge in [-0.15, -0.1) is 0 Å². The lowest BCUT2D eigenvalue weighted by Crippen LogP contribution is -2.49. The first-order valence-electron chi connectivity index (χ1n) is 9.96. The number of likely N-dealkylation sites (tertiary alicyclic amines) is 1. The van der Waals surface area contributed by atoms with Crippen molar-refractivity contribution in [3.8, 4) is 0 Å². The van der Waals surface area contributed by atoms with E-state index in [4.69, 9.17) is 0 Å². The van der Waals surface area contributed by atoms with Crippen LogP contribution in [0.1, 0.15) is 50.7 Å². The lowest BCUT2D eigenvalue weighted by Gasteiger charge is -2.33. The lowest BCUT2D eigenvalue weighted by molar-refractivity contribution is -0.121. The summed E-state index contributed by atoms with van der Waals surface area (Å²) in [5.41, 5.74) is 5.51. The van der Waals surface area contributed by atoms with Crippen molar-refractivity contribution < 1.29 is 9.59 Å². The minimum absolute atomic E-state index is 0.130. The molecule has 1 aromatic carbocycles. The minimum atomic E-state index is -0.153. The Labute approximate surface area is 161 Å². The molecule has 0 saturated carbocycles. The van der Waals surface area contributed by atoms with E-state index in [1.54, 1.807) is 0 Å². The summed E-state index contributed by atoms with van der Waals surface area (Å²) in [6.07, 6.45) is 3.91. The van der Waals surface area contributed by atoms with Gasteiger partial charge in [0, 0.05) is 32.0 Å². The Kier molecular flexibility index (Phi) is 6.61. The molecular weight excluding hydrogens is 340 g/mol. The van der Waals surface area contributed by atoms with Crippen LogP contribution in [0.5, 0.6) is 0 Å². The van der Waals surface area contributed by atoms with Gasteiger partial charge in [0.05, 0.1) is 0 Å². The van der Waals surface area contributed by atoms with E-state index < -0.39 is 0 Å². The summed E-state index contributed by atoms with van der Waals surface area (Å²) in [5.74, 6) is 0.388. The molecule has 0 aliphatic carbocycles. The van der Waals surface area contributed by atoms with E-state index >= 15 is 0 Å². The van der Waals surface area contributed by atoms with Gasteiger partial charge in [0.1, 0.15) is 5.71 Å². The largest absolute Gasteiger partial charge is 0.347 e. The fourth-order valence-electron chi connectivity index (χ4n) is 3.73. The first kappa shape index (κ1) is 19.5. The highest BCUT2D eigenvalue weighted by molar-refractivity contribution is 6.39. The zero-order chi connectivity index (χ0) is 19.2. The molecule has 0 spiro atoms. The molecule has 2 amide bonds. The standard InChI is InChI=1S/C21H30N4O2/c1-15(2)12-16-5-7-17(8-6-16)13-25-11-3-4-18(14-25)22-21(27)19-9-10-20(26)24-23-19/h5-8,15,18H,3-4,9-14H2,1-2H3,(H,22,27)(H,24,26)/t18-/m1/s1. The molecule has 6 nitrogen and oxygen atoms in total. The molecule has 2 aliphatic rings. The van der Waals surface area contributed by atoms with Crippen molar-refractivity contribution in [1.29, 1.82) is 0 Å². The van der Waals surface area contributed by atoms with Gasteiger partial charge in [0.15, 0.2) is 0 Å². The van der Waals surface area contributed by atoms with Crippen molar-refractivity contribution in [2.24, 2.45) is 11.0 Å². The van der Waals surface area contributed by atoms with Crippen molar-refractivity contribution in [2.45, 2.75) is 58.5 Å². The number of hydrazone groups is 1. The molecule has 1 atom stereocenters. The average Bonchev–Trinajstić information content (AvgIpc) is 2.64. The predicted octanol–water partition coefficient (Wildman–Crippen LogP) is 2.23. The molecule has 2 N–H and O–H groups in total. The molecule has 2 heterocycles. The SMILES string of the molecule is CC(C)Cc1ccc(CN2CCC[C@@H](NC(=O)C3=NNC(=O)CC3)C2)cc1. The van der Waals surface area contributed by atoms with Crippen LogP contribution in [0.4, 0.5) is 0 Å². The monoisotopic (exact) mass is 370 g/mol. The third kappa shape index (κ3) is 5.89. The van der Waals surface area contributed by atoms with Crippen molar-refractivity contribution in [3.63, 3.8) is 0 Å². The maximum atomic E-state index is 12.4. The van der Waals surface area contributed by atoms with Crippen LogP contribution in [-0.4, -0.2) is 41.6 Å². The Bertz CT molecular complexity index is 697. The number of rotatable bonds is 6. The van der Waals surface area contributed by atoms with Crippen molar-refractivity contribution in [2.75, 3.05) is 13.1 Å². The van der Waals surface area contributed by atoms with Crippen molar-refractivity contribution in [3.05, 3.63) is 35.4 Å². The average molecular weight is 370 g/mol. The fraction of sp³-hybridized carbons (Fsp3) is 0.571. The summed E-state index contributed by atoms with van der Waals surface area (Å²) in [7, 11) is 0. The molecule has 0 radical (unpaired) electrons. The highest BCUT2D eigenvalue weighted by atomic mass is 16.2. The summed E-state index contributed by atoms with van der Waals surface area (Å²) >= 11 is 0. The number of hydrogen-bond donors (Lipinski definition) is 2. The summed E-state index contributed by atoms with van der Waals surface area (Å²) in [5, 5.41) is 6.97. The minimum Gasteiger partial charge on any atom is -0.347 e. The first-order chi connectivity index (χ1) is 13.0. The molecule has 3 rings (SSSR count). The van der Waals surface area contributed by atoms with E-state index in [0.717, 1.165) is 38.9 Å². The van der Waals surface area contributed by atoms with Gasteiger partial charge in [-0.25, -0.2) is 5.43 Å². The van der Waals surface area contributed by atoms with Crippen LogP contribution in [0.2, 0.25) is 0 Å². The zero-order valence-electron chi connectivity index (χ0n) is 16.3. The highest BCUT2D eigenvalue weighted by Gasteiger charge is 2.24. The number of nitrogens with zero attached hydrogens (tertiary/aromatic N) is 2. The second-order valence-electron chi connectivity index (χ2n) is 8.06. The zero-order valence-corrected chi connectivity index (χ0v) is 16.3. The van der Waals surface area contributed by atoms with E-state index in [0.29, 0.717) is 24.5 Å². The van der Waals surface area contributed by atoms with Gasteiger partial charge in [-0.1, -0.05) is 38.1 Å². The molecule has 6 heteroatoms. The Hall–Kier alpha value is -2.21. The Morgan fingerprint density at radius 2 is 2.00 bits per heavy atom. The lowest BCUT2D eigenvalue weighted by atomic mass is 10.0. The number of amides is 2. The smallest absolute Gasteiger partial charge is 0.267 e. The van der Waals surface area contributed by atoms with E-state index in [1.807, 2.05) is 0 Å². The molecule has 146 valence electrons. The predicted molar refractivity (Wildman–Crippen MR) is 106 cm³/mol. The van der Waals surface area contributed by atoms with E-state index in [9.17, 15) is 9.59 Å².